The van der Waals surface area contributed by atoms with Crippen molar-refractivity contribution in [2.24, 2.45) is 0 Å². The van der Waals surface area contributed by atoms with Gasteiger partial charge < -0.3 is 10.1 Å². The van der Waals surface area contributed by atoms with Gasteiger partial charge in [-0.25, -0.2) is 0 Å². The molecule has 0 bridgehead atoms. The van der Waals surface area contributed by atoms with Crippen molar-refractivity contribution in [2.75, 3.05) is 0 Å². The summed E-state index contributed by atoms with van der Waals surface area (Å²) in [6, 6.07) is 0. The molecule has 0 fully saturated rings. The third-order valence-corrected chi connectivity index (χ3v) is 3.13. The van der Waals surface area contributed by atoms with Crippen molar-refractivity contribution in [1.82, 2.24) is 4.98 Å². The number of aromatic nitrogens is 1. The van der Waals surface area contributed by atoms with Gasteiger partial charge in [-0.3, -0.25) is 4.79 Å². The molecule has 0 unspecified atom stereocenters. The summed E-state index contributed by atoms with van der Waals surface area (Å²) < 4.78 is 0. The van der Waals surface area contributed by atoms with E-state index in [0.29, 0.717) is 6.42 Å². The quantitative estimate of drug-likeness (QED) is 0.747. The van der Waals surface area contributed by atoms with Crippen LogP contribution in [-0.4, -0.2) is 16.1 Å². The summed E-state index contributed by atoms with van der Waals surface area (Å²) in [6.45, 7) is 0. The van der Waals surface area contributed by atoms with E-state index in [1.165, 1.54) is 36.1 Å². The number of aliphatic carboxylic acids is 1. The summed E-state index contributed by atoms with van der Waals surface area (Å²) in [4.78, 5) is 13.8. The molecule has 0 amide bonds. The number of carboxylic acids is 1. The van der Waals surface area contributed by atoms with Crippen LogP contribution in [0.4, 0.5) is 0 Å². The molecule has 1 aliphatic rings. The van der Waals surface area contributed by atoms with Gasteiger partial charge in [0.25, 0.3) is 0 Å². The molecule has 0 saturated heterocycles. The molecule has 1 heterocycles. The maximum atomic E-state index is 10.5. The first-order chi connectivity index (χ1) is 7.27. The molecule has 0 aliphatic heterocycles. The topological polar surface area (TPSA) is 53.1 Å². The molecule has 1 aliphatic carbocycles. The number of rotatable bonds is 3. The van der Waals surface area contributed by atoms with Crippen LogP contribution >= 0.6 is 0 Å². The van der Waals surface area contributed by atoms with Gasteiger partial charge in [0.05, 0.1) is 0 Å². The molecule has 82 valence electrons. The van der Waals surface area contributed by atoms with Crippen LogP contribution in [0.3, 0.4) is 0 Å². The lowest BCUT2D eigenvalue weighted by molar-refractivity contribution is -0.136. The Bertz CT molecular complexity index is 355. The number of carboxylic acid groups (broad SMARTS) is 1. The molecule has 15 heavy (non-hydrogen) atoms. The summed E-state index contributed by atoms with van der Waals surface area (Å²) in [5, 5.41) is 8.66. The Labute approximate surface area is 89.5 Å². The molecule has 0 atom stereocenters. The average Bonchev–Trinajstić information content (AvgIpc) is 2.44. The van der Waals surface area contributed by atoms with Crippen LogP contribution in [0.2, 0.25) is 0 Å². The van der Waals surface area contributed by atoms with Crippen molar-refractivity contribution >= 4 is 5.97 Å². The summed E-state index contributed by atoms with van der Waals surface area (Å²) >= 11 is 0. The maximum Gasteiger partial charge on any atom is 0.303 e. The fourth-order valence-electron chi connectivity index (χ4n) is 2.32. The molecule has 2 rings (SSSR count). The predicted octanol–water partition coefficient (Wildman–Crippen LogP) is 2.30. The predicted molar refractivity (Wildman–Crippen MR) is 58.0 cm³/mol. The van der Waals surface area contributed by atoms with Gasteiger partial charge in [-0.15, -0.1) is 0 Å². The van der Waals surface area contributed by atoms with Crippen molar-refractivity contribution in [3.05, 3.63) is 23.0 Å². The van der Waals surface area contributed by atoms with E-state index in [4.69, 9.17) is 5.11 Å². The summed E-state index contributed by atoms with van der Waals surface area (Å²) in [6.07, 6.45) is 8.94. The van der Waals surface area contributed by atoms with Crippen LogP contribution in [0.15, 0.2) is 6.20 Å². The van der Waals surface area contributed by atoms with Gasteiger partial charge in [-0.2, -0.15) is 0 Å². The molecule has 1 aromatic rings. The van der Waals surface area contributed by atoms with Crippen LogP contribution in [-0.2, 0) is 24.1 Å². The zero-order chi connectivity index (χ0) is 10.7. The normalized spacial score (nSPS) is 15.7. The van der Waals surface area contributed by atoms with Gasteiger partial charge in [0.2, 0.25) is 0 Å². The van der Waals surface area contributed by atoms with Crippen LogP contribution in [0.25, 0.3) is 0 Å². The minimum absolute atomic E-state index is 0.240. The van der Waals surface area contributed by atoms with E-state index in [2.05, 4.69) is 4.98 Å². The summed E-state index contributed by atoms with van der Waals surface area (Å²) in [5.41, 5.74) is 3.95. The lowest BCUT2D eigenvalue weighted by Gasteiger charge is -2.02. The molecule has 1 aromatic heterocycles. The smallest absolute Gasteiger partial charge is 0.303 e. The number of hydrogen-bond donors (Lipinski definition) is 2. The monoisotopic (exact) mass is 207 g/mol. The van der Waals surface area contributed by atoms with Crippen LogP contribution in [0.1, 0.15) is 42.5 Å². The SMILES string of the molecule is O=C(O)CCc1c[nH]c2c1CCCCC2. The van der Waals surface area contributed by atoms with Crippen molar-refractivity contribution in [2.45, 2.75) is 44.9 Å². The highest BCUT2D eigenvalue weighted by molar-refractivity contribution is 5.67. The van der Waals surface area contributed by atoms with Gasteiger partial charge in [0, 0.05) is 18.3 Å². The molecule has 0 aromatic carbocycles. The standard InChI is InChI=1S/C12H17NO2/c14-12(15)7-6-9-8-13-11-5-3-1-2-4-10(9)11/h8,13H,1-7H2,(H,14,15). The second kappa shape index (κ2) is 4.51. The van der Waals surface area contributed by atoms with E-state index in [1.807, 2.05) is 6.20 Å². The van der Waals surface area contributed by atoms with E-state index >= 15 is 0 Å². The minimum atomic E-state index is -0.710. The van der Waals surface area contributed by atoms with E-state index in [1.54, 1.807) is 0 Å². The van der Waals surface area contributed by atoms with Crippen LogP contribution in [0, 0.1) is 0 Å². The molecular weight excluding hydrogens is 190 g/mol. The highest BCUT2D eigenvalue weighted by Crippen LogP contribution is 2.24. The van der Waals surface area contributed by atoms with Crippen LogP contribution < -0.4 is 0 Å². The van der Waals surface area contributed by atoms with Crippen LogP contribution in [0.5, 0.6) is 0 Å². The zero-order valence-electron chi connectivity index (χ0n) is 8.88. The summed E-state index contributed by atoms with van der Waals surface area (Å²) in [7, 11) is 0. The Hall–Kier alpha value is -1.25. The highest BCUT2D eigenvalue weighted by Gasteiger charge is 2.14. The van der Waals surface area contributed by atoms with Gasteiger partial charge in [0.15, 0.2) is 0 Å². The van der Waals surface area contributed by atoms with Crippen molar-refractivity contribution in [3.63, 3.8) is 0 Å². The van der Waals surface area contributed by atoms with E-state index in [0.717, 1.165) is 12.8 Å². The van der Waals surface area contributed by atoms with Crippen molar-refractivity contribution < 1.29 is 9.90 Å². The fraction of sp³-hybridized carbons (Fsp3) is 0.583. The Morgan fingerprint density at radius 1 is 1.33 bits per heavy atom. The lowest BCUT2D eigenvalue weighted by Crippen LogP contribution is -1.99. The molecular formula is C12H17NO2. The first-order valence-corrected chi connectivity index (χ1v) is 5.67. The third kappa shape index (κ3) is 2.41. The number of hydrogen-bond acceptors (Lipinski definition) is 1. The number of H-pyrrole nitrogens is 1. The molecule has 0 radical (unpaired) electrons. The summed E-state index contributed by atoms with van der Waals surface area (Å²) in [5.74, 6) is -0.710. The first-order valence-electron chi connectivity index (χ1n) is 5.67. The van der Waals surface area contributed by atoms with E-state index < -0.39 is 5.97 Å². The third-order valence-electron chi connectivity index (χ3n) is 3.13. The first kappa shape index (κ1) is 10.3. The Kier molecular flexibility index (Phi) is 3.09. The number of carbonyl (C=O) groups is 1. The largest absolute Gasteiger partial charge is 0.481 e. The van der Waals surface area contributed by atoms with Gasteiger partial charge in [-0.1, -0.05) is 6.42 Å². The molecule has 3 heteroatoms. The molecule has 2 N–H and O–H groups in total. The molecule has 3 nitrogen and oxygen atoms in total. The highest BCUT2D eigenvalue weighted by atomic mass is 16.4. The Morgan fingerprint density at radius 3 is 2.93 bits per heavy atom. The Morgan fingerprint density at radius 2 is 2.13 bits per heavy atom. The zero-order valence-corrected chi connectivity index (χ0v) is 8.88. The lowest BCUT2D eigenvalue weighted by atomic mass is 10.0. The second-order valence-corrected chi connectivity index (χ2v) is 4.23. The Balaban J connectivity index is 2.11. The minimum Gasteiger partial charge on any atom is -0.481 e. The van der Waals surface area contributed by atoms with E-state index in [9.17, 15) is 4.79 Å². The van der Waals surface area contributed by atoms with Gasteiger partial charge in [-0.05, 0) is 43.2 Å². The number of nitrogens with one attached hydrogen (secondary N) is 1. The van der Waals surface area contributed by atoms with Crippen molar-refractivity contribution in [1.29, 1.82) is 0 Å². The van der Waals surface area contributed by atoms with Gasteiger partial charge >= 0.3 is 5.97 Å². The maximum absolute atomic E-state index is 10.5. The molecule has 0 spiro atoms. The van der Waals surface area contributed by atoms with Gasteiger partial charge in [0.1, 0.15) is 0 Å². The fourth-order valence-corrected chi connectivity index (χ4v) is 2.32. The molecule has 0 saturated carbocycles. The number of fused-ring (bicyclic) bond motifs is 1. The van der Waals surface area contributed by atoms with E-state index in [-0.39, 0.29) is 6.42 Å². The average molecular weight is 207 g/mol. The second-order valence-electron chi connectivity index (χ2n) is 4.23. The number of aromatic amines is 1. The number of aryl methyl sites for hydroxylation is 2. The van der Waals surface area contributed by atoms with Crippen molar-refractivity contribution in [3.8, 4) is 0 Å².